The molecular formula is C16H21N3O4. The molecule has 7 nitrogen and oxygen atoms in total. The Bertz CT molecular complexity index is 610. The predicted molar refractivity (Wildman–Crippen MR) is 85.3 cm³/mol. The van der Waals surface area contributed by atoms with E-state index in [4.69, 9.17) is 14.2 Å². The topological polar surface area (TPSA) is 74.6 Å². The molecule has 0 radical (unpaired) electrons. The zero-order valence-corrected chi connectivity index (χ0v) is 13.3. The van der Waals surface area contributed by atoms with Crippen LogP contribution in [0.1, 0.15) is 5.82 Å². The first-order valence-electron chi connectivity index (χ1n) is 7.24. The van der Waals surface area contributed by atoms with Crippen LogP contribution in [0.2, 0.25) is 0 Å². The molecule has 7 heteroatoms. The van der Waals surface area contributed by atoms with Crippen LogP contribution in [0.15, 0.2) is 36.7 Å². The van der Waals surface area contributed by atoms with Crippen LogP contribution in [-0.4, -0.2) is 42.4 Å². The number of hydrogen-bond acceptors (Lipinski definition) is 5. The molecule has 0 aliphatic carbocycles. The highest BCUT2D eigenvalue weighted by Gasteiger charge is 2.04. The third-order valence-electron chi connectivity index (χ3n) is 3.09. The number of carbonyl (C=O) groups excluding carboxylic acids is 1. The lowest BCUT2D eigenvalue weighted by molar-refractivity contribution is -0.121. The van der Waals surface area contributed by atoms with Gasteiger partial charge in [0.15, 0.2) is 0 Å². The summed E-state index contributed by atoms with van der Waals surface area (Å²) in [5.74, 6) is 1.35. The molecule has 1 heterocycles. The van der Waals surface area contributed by atoms with Crippen molar-refractivity contribution >= 4 is 11.6 Å². The molecule has 1 aromatic heterocycles. The van der Waals surface area contributed by atoms with E-state index < -0.39 is 0 Å². The number of rotatable bonds is 9. The van der Waals surface area contributed by atoms with Gasteiger partial charge in [-0.25, -0.2) is 4.98 Å². The molecule has 2 rings (SSSR count). The Hall–Kier alpha value is -2.38. The largest absolute Gasteiger partial charge is 0.486 e. The third-order valence-corrected chi connectivity index (χ3v) is 3.09. The van der Waals surface area contributed by atoms with Crippen molar-refractivity contribution in [1.29, 1.82) is 0 Å². The van der Waals surface area contributed by atoms with Crippen LogP contribution in [-0.2, 0) is 27.9 Å². The van der Waals surface area contributed by atoms with Gasteiger partial charge in [-0.2, -0.15) is 0 Å². The van der Waals surface area contributed by atoms with Crippen LogP contribution in [0.25, 0.3) is 0 Å². The molecule has 0 atom stereocenters. The van der Waals surface area contributed by atoms with Crippen molar-refractivity contribution in [3.8, 4) is 5.75 Å². The summed E-state index contributed by atoms with van der Waals surface area (Å²) in [7, 11) is 3.50. The summed E-state index contributed by atoms with van der Waals surface area (Å²) in [5.41, 5.74) is 0.690. The molecule has 0 aliphatic rings. The predicted octanol–water partition coefficient (Wildman–Crippen LogP) is 1.60. The van der Waals surface area contributed by atoms with Crippen molar-refractivity contribution in [3.63, 3.8) is 0 Å². The van der Waals surface area contributed by atoms with Crippen LogP contribution in [0.3, 0.4) is 0 Å². The smallest absolute Gasteiger partial charge is 0.250 e. The molecule has 0 unspecified atom stereocenters. The second-order valence-corrected chi connectivity index (χ2v) is 4.86. The second-order valence-electron chi connectivity index (χ2n) is 4.86. The Labute approximate surface area is 135 Å². The summed E-state index contributed by atoms with van der Waals surface area (Å²) >= 11 is 0. The van der Waals surface area contributed by atoms with Gasteiger partial charge >= 0.3 is 0 Å². The SMILES string of the molecule is COCCOCC(=O)Nc1ccc(OCc2nccn2C)cc1. The molecule has 0 fully saturated rings. The number of hydrogen-bond donors (Lipinski definition) is 1. The average molecular weight is 319 g/mol. The Morgan fingerprint density at radius 1 is 1.26 bits per heavy atom. The fourth-order valence-corrected chi connectivity index (χ4v) is 1.82. The lowest BCUT2D eigenvalue weighted by Crippen LogP contribution is -2.19. The van der Waals surface area contributed by atoms with Crippen LogP contribution in [0.5, 0.6) is 5.75 Å². The average Bonchev–Trinajstić information content (AvgIpc) is 2.96. The van der Waals surface area contributed by atoms with E-state index in [1.165, 1.54) is 0 Å². The van der Waals surface area contributed by atoms with Gasteiger partial charge < -0.3 is 24.1 Å². The standard InChI is InChI=1S/C16H21N3O4/c1-19-8-7-17-15(19)11-23-14-5-3-13(4-6-14)18-16(20)12-22-10-9-21-2/h3-8H,9-12H2,1-2H3,(H,18,20). The second kappa shape index (κ2) is 8.92. The van der Waals surface area contributed by atoms with Crippen LogP contribution < -0.4 is 10.1 Å². The Kier molecular flexibility index (Phi) is 6.58. The van der Waals surface area contributed by atoms with E-state index in [1.807, 2.05) is 17.8 Å². The first-order chi connectivity index (χ1) is 11.2. The number of ether oxygens (including phenoxy) is 3. The number of amides is 1. The van der Waals surface area contributed by atoms with Gasteiger partial charge in [0.2, 0.25) is 5.91 Å². The van der Waals surface area contributed by atoms with Crippen molar-refractivity contribution in [2.45, 2.75) is 6.61 Å². The molecular weight excluding hydrogens is 298 g/mol. The highest BCUT2D eigenvalue weighted by atomic mass is 16.5. The zero-order valence-electron chi connectivity index (χ0n) is 13.3. The minimum Gasteiger partial charge on any atom is -0.486 e. The Morgan fingerprint density at radius 3 is 2.70 bits per heavy atom. The molecule has 1 N–H and O–H groups in total. The number of methoxy groups -OCH3 is 1. The zero-order chi connectivity index (χ0) is 16.5. The van der Waals surface area contributed by atoms with Gasteiger partial charge in [0.25, 0.3) is 0 Å². The molecule has 0 saturated heterocycles. The van der Waals surface area contributed by atoms with Crippen molar-refractivity contribution in [3.05, 3.63) is 42.5 Å². The maximum absolute atomic E-state index is 11.7. The molecule has 0 aliphatic heterocycles. The van der Waals surface area contributed by atoms with Crippen molar-refractivity contribution < 1.29 is 19.0 Å². The van der Waals surface area contributed by atoms with Gasteiger partial charge in [-0.05, 0) is 24.3 Å². The number of imidazole rings is 1. The van der Waals surface area contributed by atoms with Gasteiger partial charge in [0.1, 0.15) is 24.8 Å². The molecule has 2 aromatic rings. The van der Waals surface area contributed by atoms with E-state index in [2.05, 4.69) is 10.3 Å². The van der Waals surface area contributed by atoms with Gasteiger partial charge in [0.05, 0.1) is 13.2 Å². The number of aromatic nitrogens is 2. The number of benzene rings is 1. The summed E-state index contributed by atoms with van der Waals surface area (Å²) in [6, 6.07) is 7.15. The lowest BCUT2D eigenvalue weighted by Gasteiger charge is -2.09. The van der Waals surface area contributed by atoms with E-state index in [0.717, 1.165) is 5.82 Å². The molecule has 0 bridgehead atoms. The highest BCUT2D eigenvalue weighted by Crippen LogP contribution is 2.16. The third kappa shape index (κ3) is 5.72. The van der Waals surface area contributed by atoms with Crippen molar-refractivity contribution in [2.24, 2.45) is 7.05 Å². The highest BCUT2D eigenvalue weighted by molar-refractivity contribution is 5.91. The maximum Gasteiger partial charge on any atom is 0.250 e. The summed E-state index contributed by atoms with van der Waals surface area (Å²) < 4.78 is 17.5. The minimum absolute atomic E-state index is 0.000764. The first-order valence-corrected chi connectivity index (χ1v) is 7.24. The molecule has 124 valence electrons. The molecule has 23 heavy (non-hydrogen) atoms. The lowest BCUT2D eigenvalue weighted by atomic mass is 10.3. The summed E-state index contributed by atoms with van der Waals surface area (Å²) in [4.78, 5) is 15.8. The van der Waals surface area contributed by atoms with E-state index in [1.54, 1.807) is 37.6 Å². The van der Waals surface area contributed by atoms with E-state index in [-0.39, 0.29) is 12.5 Å². The Balaban J connectivity index is 1.75. The summed E-state index contributed by atoms with van der Waals surface area (Å²) in [6.45, 7) is 1.25. The monoisotopic (exact) mass is 319 g/mol. The van der Waals surface area contributed by atoms with Gasteiger partial charge in [-0.3, -0.25) is 4.79 Å². The fourth-order valence-electron chi connectivity index (χ4n) is 1.82. The van der Waals surface area contributed by atoms with Crippen LogP contribution in [0, 0.1) is 0 Å². The van der Waals surface area contributed by atoms with Gasteiger partial charge in [-0.1, -0.05) is 0 Å². The van der Waals surface area contributed by atoms with Crippen molar-refractivity contribution in [2.75, 3.05) is 32.2 Å². The number of carbonyl (C=O) groups is 1. The number of nitrogens with one attached hydrogen (secondary N) is 1. The van der Waals surface area contributed by atoms with Gasteiger partial charge in [-0.15, -0.1) is 0 Å². The quantitative estimate of drug-likeness (QED) is 0.711. The first kappa shape index (κ1) is 17.0. The normalized spacial score (nSPS) is 10.5. The maximum atomic E-state index is 11.7. The fraction of sp³-hybridized carbons (Fsp3) is 0.375. The number of anilines is 1. The van der Waals surface area contributed by atoms with Crippen LogP contribution in [0.4, 0.5) is 5.69 Å². The molecule has 1 amide bonds. The molecule has 0 spiro atoms. The Morgan fingerprint density at radius 2 is 2.04 bits per heavy atom. The number of nitrogens with zero attached hydrogens (tertiary/aromatic N) is 2. The van der Waals surface area contributed by atoms with Crippen molar-refractivity contribution in [1.82, 2.24) is 9.55 Å². The van der Waals surface area contributed by atoms with E-state index in [0.29, 0.717) is 31.3 Å². The van der Waals surface area contributed by atoms with E-state index in [9.17, 15) is 4.79 Å². The molecule has 0 saturated carbocycles. The van der Waals surface area contributed by atoms with Crippen LogP contribution >= 0.6 is 0 Å². The minimum atomic E-state index is -0.206. The molecule has 1 aromatic carbocycles. The summed E-state index contributed by atoms with van der Waals surface area (Å²) in [6.07, 6.45) is 3.60. The van der Waals surface area contributed by atoms with Gasteiger partial charge in [0, 0.05) is 32.2 Å². The summed E-state index contributed by atoms with van der Waals surface area (Å²) in [5, 5.41) is 2.75. The van der Waals surface area contributed by atoms with E-state index >= 15 is 0 Å². The number of aryl methyl sites for hydroxylation is 1.